The Balaban J connectivity index is 1.74. The van der Waals surface area contributed by atoms with Crippen molar-refractivity contribution in [2.75, 3.05) is 0 Å². The molecule has 2 N–H and O–H groups in total. The number of hydrogen-bond donors (Lipinski definition) is 1. The molecule has 3 nitrogen and oxygen atoms in total. The fraction of sp³-hybridized carbons (Fsp3) is 0.667. The van der Waals surface area contributed by atoms with Gasteiger partial charge in [-0.2, -0.15) is 0 Å². The van der Waals surface area contributed by atoms with Crippen LogP contribution in [0.15, 0.2) is 5.38 Å². The molecule has 4 heteroatoms. The molecule has 0 atom stereocenters. The SMILES string of the molecule is Cc1nc(COC2CC(N)C2)cs1. The van der Waals surface area contributed by atoms with Gasteiger partial charge in [0.15, 0.2) is 0 Å². The Morgan fingerprint density at radius 1 is 1.69 bits per heavy atom. The Hall–Kier alpha value is -0.450. The summed E-state index contributed by atoms with van der Waals surface area (Å²) < 4.78 is 5.61. The summed E-state index contributed by atoms with van der Waals surface area (Å²) in [6.45, 7) is 2.65. The summed E-state index contributed by atoms with van der Waals surface area (Å²) in [5.41, 5.74) is 6.69. The molecule has 0 amide bonds. The Bertz CT molecular complexity index is 281. The molecule has 0 aliphatic heterocycles. The molecule has 0 bridgehead atoms. The zero-order valence-corrected chi connectivity index (χ0v) is 8.51. The molecule has 1 aromatic rings. The van der Waals surface area contributed by atoms with Crippen LogP contribution < -0.4 is 5.73 Å². The van der Waals surface area contributed by atoms with Crippen LogP contribution >= 0.6 is 11.3 Å². The van der Waals surface area contributed by atoms with Gasteiger partial charge in [0.25, 0.3) is 0 Å². The van der Waals surface area contributed by atoms with E-state index < -0.39 is 0 Å². The van der Waals surface area contributed by atoms with E-state index in [1.807, 2.05) is 12.3 Å². The summed E-state index contributed by atoms with van der Waals surface area (Å²) in [4.78, 5) is 4.32. The van der Waals surface area contributed by atoms with Gasteiger partial charge in [-0.3, -0.25) is 0 Å². The second-order valence-electron chi connectivity index (χ2n) is 3.52. The minimum absolute atomic E-state index is 0.363. The number of aromatic nitrogens is 1. The van der Waals surface area contributed by atoms with Crippen LogP contribution in [0, 0.1) is 6.92 Å². The van der Waals surface area contributed by atoms with Gasteiger partial charge in [0.05, 0.1) is 23.4 Å². The Morgan fingerprint density at radius 3 is 3.00 bits per heavy atom. The zero-order chi connectivity index (χ0) is 9.26. The molecule has 1 fully saturated rings. The van der Waals surface area contributed by atoms with Crippen LogP contribution in [0.5, 0.6) is 0 Å². The topological polar surface area (TPSA) is 48.1 Å². The number of nitrogens with zero attached hydrogens (tertiary/aromatic N) is 1. The van der Waals surface area contributed by atoms with Crippen molar-refractivity contribution >= 4 is 11.3 Å². The van der Waals surface area contributed by atoms with Gasteiger partial charge in [-0.05, 0) is 19.8 Å². The van der Waals surface area contributed by atoms with Crippen LogP contribution in [0.2, 0.25) is 0 Å². The molecule has 1 aliphatic rings. The summed E-state index contributed by atoms with van der Waals surface area (Å²) in [6.07, 6.45) is 2.38. The van der Waals surface area contributed by atoms with Gasteiger partial charge in [-0.1, -0.05) is 0 Å². The first-order valence-corrected chi connectivity index (χ1v) is 5.40. The highest BCUT2D eigenvalue weighted by Gasteiger charge is 2.26. The lowest BCUT2D eigenvalue weighted by Gasteiger charge is -2.31. The lowest BCUT2D eigenvalue weighted by Crippen LogP contribution is -2.41. The van der Waals surface area contributed by atoms with Crippen molar-refractivity contribution in [1.82, 2.24) is 4.98 Å². The summed E-state index contributed by atoms with van der Waals surface area (Å²) in [5.74, 6) is 0. The van der Waals surface area contributed by atoms with Gasteiger partial charge in [0.1, 0.15) is 0 Å². The minimum atomic E-state index is 0.363. The van der Waals surface area contributed by atoms with Crippen LogP contribution in [0.1, 0.15) is 23.5 Å². The van der Waals surface area contributed by atoms with E-state index in [4.69, 9.17) is 10.5 Å². The quantitative estimate of drug-likeness (QED) is 0.800. The van der Waals surface area contributed by atoms with Crippen LogP contribution in [0.25, 0.3) is 0 Å². The maximum Gasteiger partial charge on any atom is 0.0900 e. The monoisotopic (exact) mass is 198 g/mol. The number of rotatable bonds is 3. The molecule has 0 spiro atoms. The van der Waals surface area contributed by atoms with Crippen molar-refractivity contribution in [2.24, 2.45) is 5.73 Å². The standard InChI is InChI=1S/C9H14N2OS/c1-6-11-8(5-13-6)4-12-9-2-7(10)3-9/h5,7,9H,2-4,10H2,1H3. The van der Waals surface area contributed by atoms with Crippen molar-refractivity contribution in [3.8, 4) is 0 Å². The summed E-state index contributed by atoms with van der Waals surface area (Å²) in [7, 11) is 0. The lowest BCUT2D eigenvalue weighted by atomic mass is 9.90. The largest absolute Gasteiger partial charge is 0.372 e. The highest BCUT2D eigenvalue weighted by molar-refractivity contribution is 7.09. The smallest absolute Gasteiger partial charge is 0.0900 e. The van der Waals surface area contributed by atoms with Crippen LogP contribution in [0.4, 0.5) is 0 Å². The van der Waals surface area contributed by atoms with E-state index in [1.165, 1.54) is 0 Å². The first kappa shape index (κ1) is 9.12. The molecule has 0 radical (unpaired) electrons. The molecular formula is C9H14N2OS. The highest BCUT2D eigenvalue weighted by Crippen LogP contribution is 2.22. The maximum atomic E-state index is 5.65. The third-order valence-corrected chi connectivity index (χ3v) is 3.09. The van der Waals surface area contributed by atoms with Crippen molar-refractivity contribution in [3.05, 3.63) is 16.1 Å². The Kier molecular flexibility index (Phi) is 2.62. The summed E-state index contributed by atoms with van der Waals surface area (Å²) >= 11 is 1.67. The molecular weight excluding hydrogens is 184 g/mol. The molecule has 72 valence electrons. The number of hydrogen-bond acceptors (Lipinski definition) is 4. The highest BCUT2D eigenvalue weighted by atomic mass is 32.1. The Morgan fingerprint density at radius 2 is 2.46 bits per heavy atom. The number of aryl methyl sites for hydroxylation is 1. The second kappa shape index (κ2) is 3.74. The Labute approximate surface area is 81.9 Å². The zero-order valence-electron chi connectivity index (χ0n) is 7.69. The first-order valence-electron chi connectivity index (χ1n) is 4.52. The molecule has 0 saturated heterocycles. The van der Waals surface area contributed by atoms with Crippen molar-refractivity contribution in [2.45, 2.75) is 38.5 Å². The molecule has 0 aromatic carbocycles. The van der Waals surface area contributed by atoms with Crippen LogP contribution in [-0.4, -0.2) is 17.1 Å². The molecule has 1 saturated carbocycles. The van der Waals surface area contributed by atoms with Crippen LogP contribution in [-0.2, 0) is 11.3 Å². The van der Waals surface area contributed by atoms with E-state index in [-0.39, 0.29) is 0 Å². The average molecular weight is 198 g/mol. The lowest BCUT2D eigenvalue weighted by molar-refractivity contribution is -0.0200. The first-order chi connectivity index (χ1) is 6.24. The molecule has 1 heterocycles. The second-order valence-corrected chi connectivity index (χ2v) is 4.58. The summed E-state index contributed by atoms with van der Waals surface area (Å²) in [6, 6.07) is 0.363. The van der Waals surface area contributed by atoms with Crippen molar-refractivity contribution in [3.63, 3.8) is 0 Å². The third kappa shape index (κ3) is 2.27. The molecule has 13 heavy (non-hydrogen) atoms. The number of ether oxygens (including phenoxy) is 1. The molecule has 1 aliphatic carbocycles. The van der Waals surface area contributed by atoms with Crippen molar-refractivity contribution < 1.29 is 4.74 Å². The van der Waals surface area contributed by atoms with Crippen molar-refractivity contribution in [1.29, 1.82) is 0 Å². The van der Waals surface area contributed by atoms with Gasteiger partial charge in [-0.15, -0.1) is 11.3 Å². The van der Waals surface area contributed by atoms with Gasteiger partial charge in [0.2, 0.25) is 0 Å². The average Bonchev–Trinajstić information content (AvgIpc) is 2.43. The fourth-order valence-electron chi connectivity index (χ4n) is 1.42. The van der Waals surface area contributed by atoms with E-state index >= 15 is 0 Å². The maximum absolute atomic E-state index is 5.65. The van der Waals surface area contributed by atoms with E-state index in [0.717, 1.165) is 23.5 Å². The predicted molar refractivity (Wildman–Crippen MR) is 52.6 cm³/mol. The number of thiazole rings is 1. The van der Waals surface area contributed by atoms with Gasteiger partial charge in [0, 0.05) is 11.4 Å². The number of nitrogens with two attached hydrogens (primary N) is 1. The third-order valence-electron chi connectivity index (χ3n) is 2.26. The van der Waals surface area contributed by atoms with Gasteiger partial charge in [-0.25, -0.2) is 4.98 Å². The van der Waals surface area contributed by atoms with Gasteiger partial charge < -0.3 is 10.5 Å². The minimum Gasteiger partial charge on any atom is -0.372 e. The van der Waals surface area contributed by atoms with E-state index in [2.05, 4.69) is 4.98 Å². The normalized spacial score (nSPS) is 27.2. The molecule has 1 aromatic heterocycles. The van der Waals surface area contributed by atoms with Crippen LogP contribution in [0.3, 0.4) is 0 Å². The van der Waals surface area contributed by atoms with E-state index in [9.17, 15) is 0 Å². The van der Waals surface area contributed by atoms with E-state index in [0.29, 0.717) is 18.8 Å². The molecule has 2 rings (SSSR count). The fourth-order valence-corrected chi connectivity index (χ4v) is 2.02. The van der Waals surface area contributed by atoms with Gasteiger partial charge >= 0.3 is 0 Å². The molecule has 0 unspecified atom stereocenters. The predicted octanol–water partition coefficient (Wildman–Crippen LogP) is 1.46. The van der Waals surface area contributed by atoms with E-state index in [1.54, 1.807) is 11.3 Å². The summed E-state index contributed by atoms with van der Waals surface area (Å²) in [5, 5.41) is 3.15.